The first-order chi connectivity index (χ1) is 14.0. The van der Waals surface area contributed by atoms with Gasteiger partial charge in [-0.2, -0.15) is 0 Å². The van der Waals surface area contributed by atoms with Crippen LogP contribution in [-0.4, -0.2) is 17.7 Å². The van der Waals surface area contributed by atoms with Gasteiger partial charge in [0, 0.05) is 23.1 Å². The van der Waals surface area contributed by atoms with Crippen molar-refractivity contribution in [2.24, 2.45) is 0 Å². The van der Waals surface area contributed by atoms with Crippen LogP contribution in [0.15, 0.2) is 54.7 Å². The molecule has 1 saturated carbocycles. The summed E-state index contributed by atoms with van der Waals surface area (Å²) in [5, 5.41) is 3.13. The Balaban J connectivity index is 1.41. The number of nitrogens with zero attached hydrogens (tertiary/aromatic N) is 1. The second-order valence-corrected chi connectivity index (χ2v) is 7.82. The first-order valence-corrected chi connectivity index (χ1v) is 9.80. The maximum absolute atomic E-state index is 13.2. The lowest BCUT2D eigenvalue weighted by atomic mass is 9.94. The monoisotopic (exact) mass is 386 g/mol. The largest absolute Gasteiger partial charge is 0.454 e. The average Bonchev–Trinajstić information content (AvgIpc) is 3.41. The third-order valence-corrected chi connectivity index (χ3v) is 5.83. The summed E-state index contributed by atoms with van der Waals surface area (Å²) in [5.41, 5.74) is 5.53. The molecule has 0 unspecified atom stereocenters. The molecule has 1 N–H and O–H groups in total. The van der Waals surface area contributed by atoms with Crippen molar-refractivity contribution in [1.82, 2.24) is 4.98 Å². The van der Waals surface area contributed by atoms with Gasteiger partial charge in [0.05, 0.1) is 5.41 Å². The number of rotatable bonds is 4. The van der Waals surface area contributed by atoms with Crippen LogP contribution in [0.4, 0.5) is 5.69 Å². The summed E-state index contributed by atoms with van der Waals surface area (Å²) < 4.78 is 10.9. The van der Waals surface area contributed by atoms with Gasteiger partial charge in [-0.1, -0.05) is 18.2 Å². The Labute approximate surface area is 169 Å². The minimum absolute atomic E-state index is 0.0215. The average molecular weight is 386 g/mol. The summed E-state index contributed by atoms with van der Waals surface area (Å²) in [6.07, 6.45) is 3.54. The Hall–Kier alpha value is -3.34. The van der Waals surface area contributed by atoms with Crippen molar-refractivity contribution in [3.8, 4) is 22.6 Å². The smallest absolute Gasteiger partial charge is 0.235 e. The third kappa shape index (κ3) is 3.12. The molecule has 2 heterocycles. The SMILES string of the molecule is Cc1ccc(-c2cc(NC(=O)C3(c4ccc5c(c4)OCO5)CC3)ccc2C)cn1. The molecule has 1 amide bonds. The number of nitrogens with one attached hydrogen (secondary N) is 1. The van der Waals surface area contributed by atoms with Crippen LogP contribution in [0, 0.1) is 13.8 Å². The molecule has 5 nitrogen and oxygen atoms in total. The van der Waals surface area contributed by atoms with Crippen LogP contribution in [0.2, 0.25) is 0 Å². The number of fused-ring (bicyclic) bond motifs is 1. The minimum Gasteiger partial charge on any atom is -0.454 e. The van der Waals surface area contributed by atoms with Crippen molar-refractivity contribution in [2.45, 2.75) is 32.1 Å². The molecular formula is C24H22N2O3. The van der Waals surface area contributed by atoms with Crippen molar-refractivity contribution < 1.29 is 14.3 Å². The number of carbonyl (C=O) groups excluding carboxylic acids is 1. The molecule has 5 heteroatoms. The van der Waals surface area contributed by atoms with Crippen molar-refractivity contribution in [2.75, 3.05) is 12.1 Å². The van der Waals surface area contributed by atoms with Gasteiger partial charge in [0.25, 0.3) is 0 Å². The van der Waals surface area contributed by atoms with E-state index in [-0.39, 0.29) is 12.7 Å². The lowest BCUT2D eigenvalue weighted by Crippen LogP contribution is -2.27. The standard InChI is InChI=1S/C24H22N2O3/c1-15-3-7-19(12-20(15)17-5-4-16(2)25-13-17)26-23(27)24(9-10-24)18-6-8-21-22(11-18)29-14-28-21/h3-8,11-13H,9-10,14H2,1-2H3,(H,26,27). The fourth-order valence-corrected chi connectivity index (χ4v) is 3.85. The van der Waals surface area contributed by atoms with Gasteiger partial charge in [0.15, 0.2) is 11.5 Å². The molecule has 1 aliphatic heterocycles. The molecule has 1 fully saturated rings. The van der Waals surface area contributed by atoms with Gasteiger partial charge in [-0.25, -0.2) is 0 Å². The summed E-state index contributed by atoms with van der Waals surface area (Å²) in [6.45, 7) is 4.27. The molecule has 1 aliphatic carbocycles. The zero-order chi connectivity index (χ0) is 20.0. The Kier molecular flexibility index (Phi) is 4.05. The number of hydrogen-bond donors (Lipinski definition) is 1. The van der Waals surface area contributed by atoms with E-state index in [0.717, 1.165) is 52.2 Å². The van der Waals surface area contributed by atoms with Crippen LogP contribution in [0.1, 0.15) is 29.7 Å². The summed E-state index contributed by atoms with van der Waals surface area (Å²) in [4.78, 5) is 17.6. The molecule has 146 valence electrons. The predicted molar refractivity (Wildman–Crippen MR) is 111 cm³/mol. The molecule has 1 aromatic heterocycles. The zero-order valence-electron chi connectivity index (χ0n) is 16.5. The molecule has 2 aromatic carbocycles. The van der Waals surface area contributed by atoms with Crippen molar-refractivity contribution >= 4 is 11.6 Å². The highest BCUT2D eigenvalue weighted by Crippen LogP contribution is 2.51. The summed E-state index contributed by atoms with van der Waals surface area (Å²) in [6, 6.07) is 15.9. The van der Waals surface area contributed by atoms with Crippen LogP contribution in [-0.2, 0) is 10.2 Å². The molecule has 3 aromatic rings. The highest BCUT2D eigenvalue weighted by atomic mass is 16.7. The normalized spacial score (nSPS) is 15.8. The van der Waals surface area contributed by atoms with Crippen molar-refractivity contribution in [3.05, 3.63) is 71.5 Å². The molecule has 5 rings (SSSR count). The van der Waals surface area contributed by atoms with Gasteiger partial charge in [-0.05, 0) is 73.7 Å². The van der Waals surface area contributed by atoms with Crippen molar-refractivity contribution in [1.29, 1.82) is 0 Å². The van der Waals surface area contributed by atoms with Gasteiger partial charge >= 0.3 is 0 Å². The minimum atomic E-state index is -0.489. The summed E-state index contributed by atoms with van der Waals surface area (Å²) >= 11 is 0. The number of aryl methyl sites for hydroxylation is 2. The molecule has 0 radical (unpaired) electrons. The van der Waals surface area contributed by atoms with Crippen LogP contribution < -0.4 is 14.8 Å². The highest BCUT2D eigenvalue weighted by Gasteiger charge is 2.51. The van der Waals surface area contributed by atoms with Gasteiger partial charge in [-0.3, -0.25) is 9.78 Å². The second kappa shape index (κ2) is 6.62. The lowest BCUT2D eigenvalue weighted by molar-refractivity contribution is -0.118. The van der Waals surface area contributed by atoms with E-state index in [2.05, 4.69) is 23.3 Å². The number of hydrogen-bond acceptors (Lipinski definition) is 4. The van der Waals surface area contributed by atoms with E-state index in [9.17, 15) is 4.79 Å². The van der Waals surface area contributed by atoms with Crippen LogP contribution in [0.25, 0.3) is 11.1 Å². The summed E-state index contributed by atoms with van der Waals surface area (Å²) in [7, 11) is 0. The van der Waals surface area contributed by atoms with Crippen molar-refractivity contribution in [3.63, 3.8) is 0 Å². The lowest BCUT2D eigenvalue weighted by Gasteiger charge is -2.17. The van der Waals surface area contributed by atoms with E-state index in [1.807, 2.05) is 55.6 Å². The molecule has 0 saturated heterocycles. The molecular weight excluding hydrogens is 364 g/mol. The van der Waals surface area contributed by atoms with E-state index >= 15 is 0 Å². The van der Waals surface area contributed by atoms with E-state index in [0.29, 0.717) is 5.75 Å². The Morgan fingerprint density at radius 3 is 2.59 bits per heavy atom. The number of anilines is 1. The van der Waals surface area contributed by atoms with Gasteiger partial charge in [0.2, 0.25) is 12.7 Å². The fourth-order valence-electron chi connectivity index (χ4n) is 3.85. The van der Waals surface area contributed by atoms with E-state index in [1.165, 1.54) is 0 Å². The zero-order valence-corrected chi connectivity index (χ0v) is 16.5. The van der Waals surface area contributed by atoms with Gasteiger partial charge in [0.1, 0.15) is 0 Å². The molecule has 0 spiro atoms. The topological polar surface area (TPSA) is 60.5 Å². The third-order valence-electron chi connectivity index (χ3n) is 5.83. The van der Waals surface area contributed by atoms with E-state index in [4.69, 9.17) is 9.47 Å². The molecule has 29 heavy (non-hydrogen) atoms. The number of aromatic nitrogens is 1. The van der Waals surface area contributed by atoms with Crippen LogP contribution in [0.3, 0.4) is 0 Å². The Morgan fingerprint density at radius 1 is 1.00 bits per heavy atom. The molecule has 0 atom stereocenters. The predicted octanol–water partition coefficient (Wildman–Crippen LogP) is 4.76. The summed E-state index contributed by atoms with van der Waals surface area (Å²) in [5.74, 6) is 1.47. The highest BCUT2D eigenvalue weighted by molar-refractivity contribution is 6.02. The van der Waals surface area contributed by atoms with E-state index < -0.39 is 5.41 Å². The number of amides is 1. The second-order valence-electron chi connectivity index (χ2n) is 7.82. The van der Waals surface area contributed by atoms with E-state index in [1.54, 1.807) is 0 Å². The van der Waals surface area contributed by atoms with Crippen LogP contribution >= 0.6 is 0 Å². The van der Waals surface area contributed by atoms with Gasteiger partial charge in [-0.15, -0.1) is 0 Å². The number of pyridine rings is 1. The maximum Gasteiger partial charge on any atom is 0.235 e. The molecule has 2 aliphatic rings. The number of carbonyl (C=O) groups is 1. The van der Waals surface area contributed by atoms with Crippen LogP contribution in [0.5, 0.6) is 11.5 Å². The fraction of sp³-hybridized carbons (Fsp3) is 0.250. The number of ether oxygens (including phenoxy) is 2. The maximum atomic E-state index is 13.2. The Morgan fingerprint density at radius 2 is 1.83 bits per heavy atom. The Bertz CT molecular complexity index is 1100. The quantitative estimate of drug-likeness (QED) is 0.702. The number of benzene rings is 2. The van der Waals surface area contributed by atoms with Gasteiger partial charge < -0.3 is 14.8 Å². The molecule has 0 bridgehead atoms. The first-order valence-electron chi connectivity index (χ1n) is 9.80. The first kappa shape index (κ1) is 17.7.